The molecular formula is C15H19N3O2S. The average Bonchev–Trinajstić information content (AvgIpc) is 2.74. The van der Waals surface area contributed by atoms with E-state index in [1.54, 1.807) is 7.05 Å². The van der Waals surface area contributed by atoms with Gasteiger partial charge in [-0.15, -0.1) is 0 Å². The molecule has 1 aliphatic heterocycles. The van der Waals surface area contributed by atoms with Crippen LogP contribution in [-0.4, -0.2) is 29.3 Å². The minimum atomic E-state index is -0.408. The first-order chi connectivity index (χ1) is 9.90. The molecule has 21 heavy (non-hydrogen) atoms. The Labute approximate surface area is 128 Å². The number of hydrogen-bond acceptors (Lipinski definition) is 4. The van der Waals surface area contributed by atoms with Gasteiger partial charge in [0, 0.05) is 19.2 Å². The lowest BCUT2D eigenvalue weighted by atomic mass is 10.0. The quantitative estimate of drug-likeness (QED) is 0.899. The van der Waals surface area contributed by atoms with Gasteiger partial charge in [0.05, 0.1) is 0 Å². The van der Waals surface area contributed by atoms with Gasteiger partial charge in [-0.05, 0) is 31.9 Å². The maximum atomic E-state index is 12.2. The van der Waals surface area contributed by atoms with Crippen molar-refractivity contribution in [3.8, 4) is 0 Å². The molecule has 1 fully saturated rings. The van der Waals surface area contributed by atoms with Crippen LogP contribution in [0.25, 0.3) is 0 Å². The summed E-state index contributed by atoms with van der Waals surface area (Å²) in [6.45, 7) is 5.96. The maximum Gasteiger partial charge on any atom is 0.240 e. The average molecular weight is 305 g/mol. The number of aliphatic imine (C=N–C) groups is 1. The molecule has 1 heterocycles. The second-order valence-electron chi connectivity index (χ2n) is 5.15. The lowest BCUT2D eigenvalue weighted by Crippen LogP contribution is -2.28. The Bertz CT molecular complexity index is 602. The van der Waals surface area contributed by atoms with Crippen LogP contribution in [0.15, 0.2) is 17.1 Å². The second kappa shape index (κ2) is 6.30. The molecule has 0 saturated carbocycles. The number of hydrogen-bond donors (Lipinski definition) is 2. The number of aryl methyl sites for hydroxylation is 3. The fourth-order valence-electron chi connectivity index (χ4n) is 2.38. The van der Waals surface area contributed by atoms with Crippen molar-refractivity contribution in [2.24, 2.45) is 4.99 Å². The Balaban J connectivity index is 2.05. The first-order valence-corrected chi connectivity index (χ1v) is 7.60. The maximum absolute atomic E-state index is 12.2. The first kappa shape index (κ1) is 15.6. The highest BCUT2D eigenvalue weighted by atomic mass is 32.2. The van der Waals surface area contributed by atoms with Crippen LogP contribution in [0.5, 0.6) is 0 Å². The Kier molecular flexibility index (Phi) is 4.67. The van der Waals surface area contributed by atoms with Crippen LogP contribution in [0, 0.1) is 20.8 Å². The van der Waals surface area contributed by atoms with E-state index >= 15 is 0 Å². The van der Waals surface area contributed by atoms with Crippen LogP contribution in [0.2, 0.25) is 0 Å². The summed E-state index contributed by atoms with van der Waals surface area (Å²) in [7, 11) is 1.62. The van der Waals surface area contributed by atoms with Gasteiger partial charge in [0.1, 0.15) is 5.25 Å². The lowest BCUT2D eigenvalue weighted by Gasteiger charge is -2.13. The van der Waals surface area contributed by atoms with Crippen molar-refractivity contribution < 1.29 is 9.59 Å². The van der Waals surface area contributed by atoms with Crippen molar-refractivity contribution in [2.75, 3.05) is 12.4 Å². The smallest absolute Gasteiger partial charge is 0.240 e. The molecule has 0 spiro atoms. The van der Waals surface area contributed by atoms with Gasteiger partial charge in [-0.25, -0.2) is 0 Å². The van der Waals surface area contributed by atoms with Gasteiger partial charge < -0.3 is 10.6 Å². The van der Waals surface area contributed by atoms with Gasteiger partial charge in [-0.1, -0.05) is 29.5 Å². The van der Waals surface area contributed by atoms with Gasteiger partial charge in [0.15, 0.2) is 5.17 Å². The summed E-state index contributed by atoms with van der Waals surface area (Å²) in [5.41, 5.74) is 4.05. The molecule has 0 bridgehead atoms. The third-order valence-electron chi connectivity index (χ3n) is 3.29. The van der Waals surface area contributed by atoms with E-state index < -0.39 is 5.25 Å². The van der Waals surface area contributed by atoms with Crippen molar-refractivity contribution >= 4 is 34.4 Å². The monoisotopic (exact) mass is 305 g/mol. The summed E-state index contributed by atoms with van der Waals surface area (Å²) in [5.74, 6) is -0.317. The molecule has 1 aromatic rings. The van der Waals surface area contributed by atoms with Crippen LogP contribution >= 0.6 is 11.8 Å². The van der Waals surface area contributed by atoms with Crippen molar-refractivity contribution in [2.45, 2.75) is 32.4 Å². The standard InChI is InChI=1S/C15H19N3O2S/c1-8-5-9(2)13(10(3)6-8)17-12(19)7-11-14(20)18-15(16-4)21-11/h5-6,11H,7H2,1-4H3,(H,17,19)(H,16,18,20). The fourth-order valence-corrected chi connectivity index (χ4v) is 3.32. The highest BCUT2D eigenvalue weighted by molar-refractivity contribution is 8.15. The molecule has 2 N–H and O–H groups in total. The Hall–Kier alpha value is -1.82. The largest absolute Gasteiger partial charge is 0.326 e. The van der Waals surface area contributed by atoms with Crippen LogP contribution in [0.3, 0.4) is 0 Å². The zero-order valence-electron chi connectivity index (χ0n) is 12.6. The zero-order chi connectivity index (χ0) is 15.6. The third kappa shape index (κ3) is 3.64. The highest BCUT2D eigenvalue weighted by Crippen LogP contribution is 2.25. The molecule has 1 aliphatic rings. The fraction of sp³-hybridized carbons (Fsp3) is 0.400. The molecule has 1 aromatic carbocycles. The van der Waals surface area contributed by atoms with Crippen LogP contribution < -0.4 is 10.6 Å². The number of carbonyl (C=O) groups excluding carboxylic acids is 2. The summed E-state index contributed by atoms with van der Waals surface area (Å²) >= 11 is 1.30. The van der Waals surface area contributed by atoms with E-state index in [1.807, 2.05) is 32.9 Å². The van der Waals surface area contributed by atoms with E-state index in [2.05, 4.69) is 15.6 Å². The topological polar surface area (TPSA) is 70.6 Å². The van der Waals surface area contributed by atoms with Gasteiger partial charge in [0.2, 0.25) is 11.8 Å². The van der Waals surface area contributed by atoms with Gasteiger partial charge in [-0.3, -0.25) is 14.6 Å². The molecular weight excluding hydrogens is 286 g/mol. The molecule has 0 radical (unpaired) electrons. The van der Waals surface area contributed by atoms with Crippen molar-refractivity contribution in [1.82, 2.24) is 5.32 Å². The molecule has 6 heteroatoms. The normalized spacial score (nSPS) is 19.7. The van der Waals surface area contributed by atoms with Crippen LogP contribution in [0.1, 0.15) is 23.1 Å². The van der Waals surface area contributed by atoms with E-state index in [0.29, 0.717) is 5.17 Å². The lowest BCUT2D eigenvalue weighted by molar-refractivity contribution is -0.122. The van der Waals surface area contributed by atoms with Gasteiger partial charge in [0.25, 0.3) is 0 Å². The van der Waals surface area contributed by atoms with Crippen LogP contribution in [-0.2, 0) is 9.59 Å². The molecule has 1 unspecified atom stereocenters. The number of nitrogens with zero attached hydrogens (tertiary/aromatic N) is 1. The third-order valence-corrected chi connectivity index (χ3v) is 4.46. The van der Waals surface area contributed by atoms with E-state index in [1.165, 1.54) is 11.8 Å². The van der Waals surface area contributed by atoms with Crippen LogP contribution in [0.4, 0.5) is 5.69 Å². The number of nitrogens with one attached hydrogen (secondary N) is 2. The summed E-state index contributed by atoms with van der Waals surface area (Å²) < 4.78 is 0. The number of anilines is 1. The van der Waals surface area contributed by atoms with E-state index in [4.69, 9.17) is 0 Å². The Morgan fingerprint density at radius 3 is 2.48 bits per heavy atom. The zero-order valence-corrected chi connectivity index (χ0v) is 13.4. The summed E-state index contributed by atoms with van der Waals surface area (Å²) in [6, 6.07) is 4.06. The number of thioether (sulfide) groups is 1. The molecule has 112 valence electrons. The predicted octanol–water partition coefficient (Wildman–Crippen LogP) is 2.16. The molecule has 1 atom stereocenters. The summed E-state index contributed by atoms with van der Waals surface area (Å²) in [5, 5.41) is 5.72. The minimum Gasteiger partial charge on any atom is -0.326 e. The van der Waals surface area contributed by atoms with E-state index in [9.17, 15) is 9.59 Å². The number of amides is 2. The molecule has 0 aromatic heterocycles. The first-order valence-electron chi connectivity index (χ1n) is 6.72. The predicted molar refractivity (Wildman–Crippen MR) is 86.8 cm³/mol. The summed E-state index contributed by atoms with van der Waals surface area (Å²) in [4.78, 5) is 27.8. The minimum absolute atomic E-state index is 0.141. The highest BCUT2D eigenvalue weighted by Gasteiger charge is 2.31. The molecule has 1 saturated heterocycles. The molecule has 5 nitrogen and oxygen atoms in total. The van der Waals surface area contributed by atoms with Gasteiger partial charge >= 0.3 is 0 Å². The molecule has 2 amide bonds. The van der Waals surface area contributed by atoms with Crippen molar-refractivity contribution in [1.29, 1.82) is 0 Å². The summed E-state index contributed by atoms with van der Waals surface area (Å²) in [6.07, 6.45) is 0.141. The SMILES string of the molecule is CN=C1NC(=O)C(CC(=O)Nc2c(C)cc(C)cc2C)S1. The molecule has 0 aliphatic carbocycles. The van der Waals surface area contributed by atoms with Crippen molar-refractivity contribution in [3.05, 3.63) is 28.8 Å². The Morgan fingerprint density at radius 1 is 1.33 bits per heavy atom. The number of benzene rings is 1. The number of amidine groups is 1. The van der Waals surface area contributed by atoms with Gasteiger partial charge in [-0.2, -0.15) is 0 Å². The second-order valence-corrected chi connectivity index (χ2v) is 6.34. The van der Waals surface area contributed by atoms with Crippen molar-refractivity contribution in [3.63, 3.8) is 0 Å². The number of rotatable bonds is 3. The molecule has 2 rings (SSSR count). The van der Waals surface area contributed by atoms with E-state index in [0.717, 1.165) is 22.4 Å². The van der Waals surface area contributed by atoms with E-state index in [-0.39, 0.29) is 18.2 Å². The Morgan fingerprint density at radius 2 is 1.95 bits per heavy atom. The number of carbonyl (C=O) groups is 2.